The largest absolute Gasteiger partial charge is 0.478 e. The minimum absolute atomic E-state index is 0.246. The van der Waals surface area contributed by atoms with E-state index in [1.807, 2.05) is 12.1 Å². The third-order valence-corrected chi connectivity index (χ3v) is 7.11. The fourth-order valence-electron chi connectivity index (χ4n) is 3.52. The smallest absolute Gasteiger partial charge is 0.335 e. The number of hydrogen-bond donors (Lipinski definition) is 1. The van der Waals surface area contributed by atoms with Crippen LogP contribution in [0.4, 0.5) is 0 Å². The average molecular weight is 404 g/mol. The Morgan fingerprint density at radius 3 is 2.39 bits per heavy atom. The fourth-order valence-corrected chi connectivity index (χ4v) is 4.65. The van der Waals surface area contributed by atoms with Crippen molar-refractivity contribution in [2.24, 2.45) is 5.92 Å². The summed E-state index contributed by atoms with van der Waals surface area (Å²) in [5.41, 5.74) is 3.08. The summed E-state index contributed by atoms with van der Waals surface area (Å²) in [6.45, 7) is 1.04. The molecule has 28 heavy (non-hydrogen) atoms. The van der Waals surface area contributed by atoms with E-state index in [-0.39, 0.29) is 5.56 Å². The maximum atomic E-state index is 12.3. The zero-order valence-electron chi connectivity index (χ0n) is 16.1. The van der Waals surface area contributed by atoms with E-state index in [0.29, 0.717) is 19.0 Å². The standard InChI is InChI=1S/C20H25N3O4S/c1-22(2)28(26,27)23-12-9-15(10-13-23)14-18-4-3-11-21-19(18)16-5-7-17(8-6-16)20(24)25/h3-8,11,15H,9-10,12-14H2,1-2H3,(H,24,25). The molecule has 8 heteroatoms. The van der Waals surface area contributed by atoms with E-state index in [1.165, 1.54) is 8.61 Å². The van der Waals surface area contributed by atoms with Crippen molar-refractivity contribution in [3.8, 4) is 11.3 Å². The molecule has 0 saturated carbocycles. The van der Waals surface area contributed by atoms with Crippen LogP contribution in [0.5, 0.6) is 0 Å². The first-order valence-electron chi connectivity index (χ1n) is 9.24. The summed E-state index contributed by atoms with van der Waals surface area (Å²) < 4.78 is 27.3. The summed E-state index contributed by atoms with van der Waals surface area (Å²) in [6.07, 6.45) is 4.16. The molecule has 0 unspecified atom stereocenters. The van der Waals surface area contributed by atoms with E-state index in [1.54, 1.807) is 44.6 Å². The van der Waals surface area contributed by atoms with E-state index >= 15 is 0 Å². The van der Waals surface area contributed by atoms with E-state index in [2.05, 4.69) is 4.98 Å². The van der Waals surface area contributed by atoms with Crippen molar-refractivity contribution in [2.45, 2.75) is 19.3 Å². The van der Waals surface area contributed by atoms with E-state index in [4.69, 9.17) is 5.11 Å². The zero-order chi connectivity index (χ0) is 20.3. The quantitative estimate of drug-likeness (QED) is 0.800. The molecule has 0 amide bonds. The lowest BCUT2D eigenvalue weighted by Crippen LogP contribution is -2.44. The van der Waals surface area contributed by atoms with Gasteiger partial charge < -0.3 is 5.11 Å². The zero-order valence-corrected chi connectivity index (χ0v) is 16.9. The number of nitrogens with zero attached hydrogens (tertiary/aromatic N) is 3. The van der Waals surface area contributed by atoms with Crippen LogP contribution in [0.2, 0.25) is 0 Å². The molecule has 0 radical (unpaired) electrons. The Kier molecular flexibility index (Phi) is 6.12. The molecular weight excluding hydrogens is 378 g/mol. The Bertz CT molecular complexity index is 934. The highest BCUT2D eigenvalue weighted by molar-refractivity contribution is 7.86. The van der Waals surface area contributed by atoms with Crippen LogP contribution >= 0.6 is 0 Å². The molecule has 1 aromatic heterocycles. The average Bonchev–Trinajstić information content (AvgIpc) is 2.69. The van der Waals surface area contributed by atoms with Crippen molar-refractivity contribution in [2.75, 3.05) is 27.2 Å². The highest BCUT2D eigenvalue weighted by atomic mass is 32.2. The van der Waals surface area contributed by atoms with Crippen LogP contribution in [0, 0.1) is 5.92 Å². The minimum atomic E-state index is -3.35. The lowest BCUT2D eigenvalue weighted by molar-refractivity contribution is 0.0697. The molecule has 0 bridgehead atoms. The Morgan fingerprint density at radius 2 is 1.82 bits per heavy atom. The highest BCUT2D eigenvalue weighted by Crippen LogP contribution is 2.28. The van der Waals surface area contributed by atoms with Gasteiger partial charge in [0.15, 0.2) is 0 Å². The van der Waals surface area contributed by atoms with Crippen molar-refractivity contribution in [1.29, 1.82) is 0 Å². The molecule has 1 aliphatic heterocycles. The van der Waals surface area contributed by atoms with E-state index in [9.17, 15) is 13.2 Å². The van der Waals surface area contributed by atoms with Gasteiger partial charge in [-0.15, -0.1) is 0 Å². The van der Waals surface area contributed by atoms with Gasteiger partial charge in [0.25, 0.3) is 10.2 Å². The second-order valence-corrected chi connectivity index (χ2v) is 9.37. The summed E-state index contributed by atoms with van der Waals surface area (Å²) in [7, 11) is -0.243. The number of benzene rings is 1. The normalized spacial score (nSPS) is 16.4. The van der Waals surface area contributed by atoms with Gasteiger partial charge in [0, 0.05) is 38.9 Å². The fraction of sp³-hybridized carbons (Fsp3) is 0.400. The molecule has 1 aromatic carbocycles. The molecule has 3 rings (SSSR count). The third kappa shape index (κ3) is 4.40. The van der Waals surface area contributed by atoms with Gasteiger partial charge in [-0.3, -0.25) is 4.98 Å². The Balaban J connectivity index is 1.72. The first kappa shape index (κ1) is 20.4. The maximum absolute atomic E-state index is 12.3. The summed E-state index contributed by atoms with van der Waals surface area (Å²) in [4.78, 5) is 15.6. The van der Waals surface area contributed by atoms with E-state index < -0.39 is 16.2 Å². The molecule has 7 nitrogen and oxygen atoms in total. The van der Waals surface area contributed by atoms with Crippen LogP contribution in [-0.2, 0) is 16.6 Å². The molecule has 1 N–H and O–H groups in total. The number of aromatic nitrogens is 1. The van der Waals surface area contributed by atoms with Gasteiger partial charge >= 0.3 is 5.97 Å². The number of carboxylic acid groups (broad SMARTS) is 1. The number of piperidine rings is 1. The molecular formula is C20H25N3O4S. The Morgan fingerprint density at radius 1 is 1.18 bits per heavy atom. The Hall–Kier alpha value is -2.29. The number of carboxylic acids is 1. The van der Waals surface area contributed by atoms with Crippen molar-refractivity contribution in [1.82, 2.24) is 13.6 Å². The molecule has 1 aliphatic rings. The number of aromatic carboxylic acids is 1. The second-order valence-electron chi connectivity index (χ2n) is 7.23. The first-order chi connectivity index (χ1) is 13.3. The van der Waals surface area contributed by atoms with Crippen LogP contribution in [0.1, 0.15) is 28.8 Å². The predicted octanol–water partition coefficient (Wildman–Crippen LogP) is 2.51. The maximum Gasteiger partial charge on any atom is 0.335 e. The van der Waals surface area contributed by atoms with Gasteiger partial charge in [0.05, 0.1) is 11.3 Å². The molecule has 0 aliphatic carbocycles. The molecule has 1 fully saturated rings. The third-order valence-electron chi connectivity index (χ3n) is 5.17. The lowest BCUT2D eigenvalue weighted by atomic mass is 9.89. The van der Waals surface area contributed by atoms with Crippen LogP contribution < -0.4 is 0 Å². The van der Waals surface area contributed by atoms with Gasteiger partial charge in [-0.1, -0.05) is 18.2 Å². The summed E-state index contributed by atoms with van der Waals surface area (Å²) in [5.74, 6) is -0.568. The molecule has 150 valence electrons. The van der Waals surface area contributed by atoms with Crippen molar-refractivity contribution < 1.29 is 18.3 Å². The van der Waals surface area contributed by atoms with Gasteiger partial charge in [-0.25, -0.2) is 4.79 Å². The Labute approximate surface area is 165 Å². The number of pyridine rings is 1. The predicted molar refractivity (Wildman–Crippen MR) is 107 cm³/mol. The highest BCUT2D eigenvalue weighted by Gasteiger charge is 2.29. The van der Waals surface area contributed by atoms with Gasteiger partial charge in [0.1, 0.15) is 0 Å². The van der Waals surface area contributed by atoms with Crippen molar-refractivity contribution in [3.05, 3.63) is 53.7 Å². The number of carbonyl (C=O) groups is 1. The number of rotatable bonds is 6. The summed E-state index contributed by atoms with van der Waals surface area (Å²) in [6, 6.07) is 10.7. The molecule has 1 saturated heterocycles. The van der Waals surface area contributed by atoms with Crippen LogP contribution in [-0.4, -0.2) is 60.3 Å². The molecule has 2 heterocycles. The minimum Gasteiger partial charge on any atom is -0.478 e. The summed E-state index contributed by atoms with van der Waals surface area (Å²) in [5, 5.41) is 9.06. The molecule has 2 aromatic rings. The summed E-state index contributed by atoms with van der Waals surface area (Å²) >= 11 is 0. The second kappa shape index (κ2) is 8.38. The van der Waals surface area contributed by atoms with E-state index in [0.717, 1.165) is 36.1 Å². The monoisotopic (exact) mass is 403 g/mol. The molecule has 0 atom stereocenters. The lowest BCUT2D eigenvalue weighted by Gasteiger charge is -2.33. The van der Waals surface area contributed by atoms with Crippen molar-refractivity contribution >= 4 is 16.2 Å². The van der Waals surface area contributed by atoms with Crippen LogP contribution in [0.25, 0.3) is 11.3 Å². The van der Waals surface area contributed by atoms with Crippen molar-refractivity contribution in [3.63, 3.8) is 0 Å². The first-order valence-corrected chi connectivity index (χ1v) is 10.6. The van der Waals surface area contributed by atoms with Crippen LogP contribution in [0.15, 0.2) is 42.6 Å². The van der Waals surface area contributed by atoms with Gasteiger partial charge in [-0.05, 0) is 48.9 Å². The molecule has 0 spiro atoms. The van der Waals surface area contributed by atoms with Gasteiger partial charge in [-0.2, -0.15) is 17.0 Å². The SMILES string of the molecule is CN(C)S(=O)(=O)N1CCC(Cc2cccnc2-c2ccc(C(=O)O)cc2)CC1. The van der Waals surface area contributed by atoms with Crippen LogP contribution in [0.3, 0.4) is 0 Å². The topological polar surface area (TPSA) is 90.8 Å². The number of hydrogen-bond acceptors (Lipinski definition) is 4. The van der Waals surface area contributed by atoms with Gasteiger partial charge in [0.2, 0.25) is 0 Å².